The Hall–Kier alpha value is -2.69. The molecule has 1 fully saturated rings. The molecular weight excluding hydrogens is 510 g/mol. The van der Waals surface area contributed by atoms with Crippen LogP contribution in [0.1, 0.15) is 77.7 Å². The molecule has 0 saturated heterocycles. The summed E-state index contributed by atoms with van der Waals surface area (Å²) in [6.07, 6.45) is 8.96. The molecule has 0 unspecified atom stereocenters. The third kappa shape index (κ3) is 6.73. The van der Waals surface area contributed by atoms with E-state index in [1.807, 2.05) is 16.8 Å². The van der Waals surface area contributed by atoms with Gasteiger partial charge in [0.1, 0.15) is 11.6 Å². The van der Waals surface area contributed by atoms with Gasteiger partial charge in [-0.25, -0.2) is 17.7 Å². The van der Waals surface area contributed by atoms with Crippen molar-refractivity contribution in [2.24, 2.45) is 0 Å². The van der Waals surface area contributed by atoms with Crippen molar-refractivity contribution in [1.82, 2.24) is 23.8 Å². The third-order valence-electron chi connectivity index (χ3n) is 7.61. The van der Waals surface area contributed by atoms with E-state index in [0.717, 1.165) is 41.4 Å². The van der Waals surface area contributed by atoms with E-state index in [9.17, 15) is 8.42 Å². The standard InChI is InChI=1S/C29H45N7O2S/c1-7-17-35(18-8-2)24-13-9-22(10-14-24)31-27-19-28(36-29(33-27)26(20-30-36)21(3)4)32-23-11-15-25(16-12-23)39(37,38)34(5)6/h11-12,15-16,19-22,24,32H,7-10,13-14,17-18H2,1-6H3,(H,31,33). The first-order valence-corrected chi connectivity index (χ1v) is 15.8. The normalized spacial score (nSPS) is 18.4. The maximum Gasteiger partial charge on any atom is 0.242 e. The summed E-state index contributed by atoms with van der Waals surface area (Å²) in [6, 6.07) is 9.87. The molecular formula is C29H45N7O2S. The molecule has 1 aliphatic rings. The van der Waals surface area contributed by atoms with Crippen LogP contribution in [-0.4, -0.2) is 71.5 Å². The molecule has 0 spiro atoms. The highest BCUT2D eigenvalue weighted by atomic mass is 32.2. The monoisotopic (exact) mass is 555 g/mol. The van der Waals surface area contributed by atoms with Crippen LogP contribution >= 0.6 is 0 Å². The lowest BCUT2D eigenvalue weighted by molar-refractivity contribution is 0.152. The molecule has 0 atom stereocenters. The molecule has 39 heavy (non-hydrogen) atoms. The Morgan fingerprint density at radius 2 is 1.67 bits per heavy atom. The van der Waals surface area contributed by atoms with Crippen LogP contribution in [0.2, 0.25) is 0 Å². The number of sulfonamides is 1. The number of nitrogens with one attached hydrogen (secondary N) is 2. The van der Waals surface area contributed by atoms with Gasteiger partial charge in [0.15, 0.2) is 5.65 Å². The minimum atomic E-state index is -3.48. The predicted octanol–water partition coefficient (Wildman–Crippen LogP) is 5.69. The lowest BCUT2D eigenvalue weighted by atomic mass is 9.90. The second kappa shape index (κ2) is 12.7. The topological polar surface area (TPSA) is 94.9 Å². The number of hydrogen-bond acceptors (Lipinski definition) is 7. The van der Waals surface area contributed by atoms with Crippen molar-refractivity contribution >= 4 is 33.0 Å². The smallest absolute Gasteiger partial charge is 0.242 e. The summed E-state index contributed by atoms with van der Waals surface area (Å²) in [5, 5.41) is 11.8. The highest BCUT2D eigenvalue weighted by Gasteiger charge is 2.26. The van der Waals surface area contributed by atoms with Gasteiger partial charge in [0.05, 0.1) is 11.1 Å². The molecule has 1 aromatic carbocycles. The molecule has 2 heterocycles. The molecule has 3 aromatic rings. The summed E-state index contributed by atoms with van der Waals surface area (Å²) >= 11 is 0. The van der Waals surface area contributed by atoms with Gasteiger partial charge < -0.3 is 15.5 Å². The van der Waals surface area contributed by atoms with Gasteiger partial charge in [0, 0.05) is 43.5 Å². The van der Waals surface area contributed by atoms with Crippen molar-refractivity contribution in [3.05, 3.63) is 42.1 Å². The van der Waals surface area contributed by atoms with Gasteiger partial charge in [-0.15, -0.1) is 0 Å². The van der Waals surface area contributed by atoms with Crippen LogP contribution in [0.3, 0.4) is 0 Å². The Morgan fingerprint density at radius 3 is 2.23 bits per heavy atom. The molecule has 1 aliphatic carbocycles. The Labute approximate surface area is 234 Å². The van der Waals surface area contributed by atoms with E-state index < -0.39 is 10.0 Å². The van der Waals surface area contributed by atoms with Crippen molar-refractivity contribution in [3.8, 4) is 0 Å². The van der Waals surface area contributed by atoms with Gasteiger partial charge >= 0.3 is 0 Å². The zero-order valence-corrected chi connectivity index (χ0v) is 25.1. The van der Waals surface area contributed by atoms with Gasteiger partial charge in [-0.05, 0) is 81.8 Å². The molecule has 214 valence electrons. The number of fused-ring (bicyclic) bond motifs is 1. The first kappa shape index (κ1) is 29.3. The molecule has 2 aromatic heterocycles. The van der Waals surface area contributed by atoms with Gasteiger partial charge in [0.2, 0.25) is 10.0 Å². The Morgan fingerprint density at radius 1 is 1.03 bits per heavy atom. The fourth-order valence-corrected chi connectivity index (χ4v) is 6.37. The quantitative estimate of drug-likeness (QED) is 0.296. The fraction of sp³-hybridized carbons (Fsp3) is 0.586. The Bertz CT molecular complexity index is 1320. The minimum Gasteiger partial charge on any atom is -0.367 e. The summed E-state index contributed by atoms with van der Waals surface area (Å²) in [4.78, 5) is 7.92. The fourth-order valence-electron chi connectivity index (χ4n) is 5.46. The SMILES string of the molecule is CCCN(CCC)C1CCC(Nc2cc(Nc3ccc(S(=O)(=O)N(C)C)cc3)n3ncc(C(C)C)c3n2)CC1. The van der Waals surface area contributed by atoms with Crippen molar-refractivity contribution in [2.45, 2.75) is 89.1 Å². The van der Waals surface area contributed by atoms with Crippen LogP contribution in [0, 0.1) is 0 Å². The highest BCUT2D eigenvalue weighted by Crippen LogP contribution is 2.30. The second-order valence-corrected chi connectivity index (χ2v) is 13.3. The second-order valence-electron chi connectivity index (χ2n) is 11.1. The maximum absolute atomic E-state index is 12.5. The molecule has 2 N–H and O–H groups in total. The minimum absolute atomic E-state index is 0.258. The van der Waals surface area contributed by atoms with Crippen molar-refractivity contribution in [1.29, 1.82) is 0 Å². The van der Waals surface area contributed by atoms with E-state index in [-0.39, 0.29) is 10.8 Å². The summed E-state index contributed by atoms with van der Waals surface area (Å²) in [7, 11) is -0.413. The number of benzene rings is 1. The predicted molar refractivity (Wildman–Crippen MR) is 159 cm³/mol. The van der Waals surface area contributed by atoms with Crippen LogP contribution in [0.5, 0.6) is 0 Å². The molecule has 10 heteroatoms. The van der Waals surface area contributed by atoms with Crippen molar-refractivity contribution < 1.29 is 8.42 Å². The van der Waals surface area contributed by atoms with E-state index >= 15 is 0 Å². The zero-order chi connectivity index (χ0) is 28.2. The Balaban J connectivity index is 1.55. The average Bonchev–Trinajstić information content (AvgIpc) is 3.34. The molecule has 4 rings (SSSR count). The van der Waals surface area contributed by atoms with E-state index in [4.69, 9.17) is 4.98 Å². The number of aromatic nitrogens is 3. The Kier molecular flexibility index (Phi) is 9.51. The summed E-state index contributed by atoms with van der Waals surface area (Å²) in [6.45, 7) is 11.2. The van der Waals surface area contributed by atoms with Crippen LogP contribution in [0.15, 0.2) is 41.4 Å². The lowest BCUT2D eigenvalue weighted by Crippen LogP contribution is -2.41. The lowest BCUT2D eigenvalue weighted by Gasteiger charge is -2.37. The molecule has 0 bridgehead atoms. The average molecular weight is 556 g/mol. The first-order valence-electron chi connectivity index (χ1n) is 14.3. The van der Waals surface area contributed by atoms with Gasteiger partial charge in [0.25, 0.3) is 0 Å². The molecule has 0 aliphatic heterocycles. The van der Waals surface area contributed by atoms with E-state index in [1.54, 1.807) is 24.3 Å². The number of nitrogens with zero attached hydrogens (tertiary/aromatic N) is 5. The van der Waals surface area contributed by atoms with Crippen LogP contribution in [0.4, 0.5) is 17.3 Å². The zero-order valence-electron chi connectivity index (χ0n) is 24.3. The van der Waals surface area contributed by atoms with E-state index in [0.29, 0.717) is 12.1 Å². The number of anilines is 3. The van der Waals surface area contributed by atoms with Crippen LogP contribution in [0.25, 0.3) is 5.65 Å². The molecule has 0 amide bonds. The summed E-state index contributed by atoms with van der Waals surface area (Å²) in [5.74, 6) is 1.90. The largest absolute Gasteiger partial charge is 0.367 e. The van der Waals surface area contributed by atoms with Gasteiger partial charge in [-0.1, -0.05) is 27.7 Å². The molecule has 0 radical (unpaired) electrons. The molecule has 9 nitrogen and oxygen atoms in total. The van der Waals surface area contributed by atoms with Gasteiger partial charge in [-0.3, -0.25) is 0 Å². The number of rotatable bonds is 12. The van der Waals surface area contributed by atoms with Crippen LogP contribution in [-0.2, 0) is 10.0 Å². The summed E-state index contributed by atoms with van der Waals surface area (Å²) < 4.78 is 28.0. The van der Waals surface area contributed by atoms with E-state index in [2.05, 4.69) is 48.3 Å². The highest BCUT2D eigenvalue weighted by molar-refractivity contribution is 7.89. The first-order chi connectivity index (χ1) is 18.6. The van der Waals surface area contributed by atoms with Crippen molar-refractivity contribution in [3.63, 3.8) is 0 Å². The third-order valence-corrected chi connectivity index (χ3v) is 9.44. The number of hydrogen-bond donors (Lipinski definition) is 2. The van der Waals surface area contributed by atoms with Gasteiger partial charge in [-0.2, -0.15) is 9.61 Å². The van der Waals surface area contributed by atoms with E-state index in [1.165, 1.54) is 57.2 Å². The maximum atomic E-state index is 12.5. The summed E-state index contributed by atoms with van der Waals surface area (Å²) in [5.41, 5.74) is 2.70. The van der Waals surface area contributed by atoms with Crippen LogP contribution < -0.4 is 10.6 Å². The van der Waals surface area contributed by atoms with Crippen molar-refractivity contribution in [2.75, 3.05) is 37.8 Å². The molecule has 1 saturated carbocycles.